The number of carbonyl (C=O) groups is 4. The summed E-state index contributed by atoms with van der Waals surface area (Å²) in [5.41, 5.74) is 0. The molecule has 4 amide bonds. The highest BCUT2D eigenvalue weighted by molar-refractivity contribution is 7.15. The average molecular weight is 533 g/mol. The van der Waals surface area contributed by atoms with Crippen molar-refractivity contribution in [1.29, 1.82) is 0 Å². The van der Waals surface area contributed by atoms with E-state index in [4.69, 9.17) is 0 Å². The summed E-state index contributed by atoms with van der Waals surface area (Å²) < 4.78 is 0. The van der Waals surface area contributed by atoms with Crippen molar-refractivity contribution < 1.29 is 19.2 Å². The molecule has 1 aliphatic carbocycles. The summed E-state index contributed by atoms with van der Waals surface area (Å²) in [6.45, 7) is 1.32. The molecule has 2 N–H and O–H groups in total. The molecule has 5 rings (SSSR count). The second-order valence-electron chi connectivity index (χ2n) is 9.39. The Morgan fingerprint density at radius 2 is 1.22 bits per heavy atom. The van der Waals surface area contributed by atoms with Gasteiger partial charge in [0.05, 0.1) is 13.1 Å². The van der Waals surface area contributed by atoms with Crippen molar-refractivity contribution in [2.75, 3.05) is 36.8 Å². The molecule has 0 spiro atoms. The topological polar surface area (TPSA) is 150 Å². The molecule has 12 nitrogen and oxygen atoms in total. The van der Waals surface area contributed by atoms with E-state index in [1.54, 1.807) is 9.80 Å². The standard InChI is InChI=1S/C22H28N8O4S2/c31-15(11-29-8-2-6-17(29)33)23-21-27-25-19(35-21)13-4-1-5-14(10-13)20-26-28-22(36-20)24-16(32)12-30-9-3-7-18(30)34/h13-14H,1-12H2,(H,23,27,31)(H,24,28,32). The fourth-order valence-electron chi connectivity index (χ4n) is 4.95. The van der Waals surface area contributed by atoms with E-state index >= 15 is 0 Å². The summed E-state index contributed by atoms with van der Waals surface area (Å²) >= 11 is 2.75. The normalized spacial score (nSPS) is 22.3. The smallest absolute Gasteiger partial charge is 0.245 e. The van der Waals surface area contributed by atoms with Crippen molar-refractivity contribution in [2.24, 2.45) is 0 Å². The number of amides is 4. The van der Waals surface area contributed by atoms with Crippen LogP contribution in [0.25, 0.3) is 0 Å². The summed E-state index contributed by atoms with van der Waals surface area (Å²) in [4.78, 5) is 51.2. The Hall–Kier alpha value is -3.00. The molecule has 14 heteroatoms. The van der Waals surface area contributed by atoms with Gasteiger partial charge in [0.1, 0.15) is 10.0 Å². The number of carbonyl (C=O) groups excluding carboxylic acids is 4. The number of anilines is 2. The van der Waals surface area contributed by atoms with Crippen molar-refractivity contribution >= 4 is 56.6 Å². The zero-order valence-corrected chi connectivity index (χ0v) is 21.4. The van der Waals surface area contributed by atoms with Gasteiger partial charge in [-0.25, -0.2) is 0 Å². The lowest BCUT2D eigenvalue weighted by Crippen LogP contribution is -2.33. The Morgan fingerprint density at radius 1 is 0.750 bits per heavy atom. The molecule has 1 saturated carbocycles. The van der Waals surface area contributed by atoms with E-state index in [0.29, 0.717) is 36.2 Å². The largest absolute Gasteiger partial charge is 0.333 e. The fraction of sp³-hybridized carbons (Fsp3) is 0.636. The number of hydrogen-bond donors (Lipinski definition) is 2. The first-order chi connectivity index (χ1) is 17.4. The highest BCUT2D eigenvalue weighted by atomic mass is 32.1. The minimum absolute atomic E-state index is 0.0115. The second kappa shape index (κ2) is 10.9. The number of nitrogens with one attached hydrogen (secondary N) is 2. The molecule has 0 aromatic carbocycles. The van der Waals surface area contributed by atoms with Gasteiger partial charge < -0.3 is 9.80 Å². The Morgan fingerprint density at radius 3 is 1.64 bits per heavy atom. The molecule has 2 saturated heterocycles. The zero-order valence-electron chi connectivity index (χ0n) is 19.8. The summed E-state index contributed by atoms with van der Waals surface area (Å²) in [6.07, 6.45) is 6.39. The van der Waals surface area contributed by atoms with Crippen LogP contribution < -0.4 is 10.6 Å². The first kappa shape index (κ1) is 24.7. The van der Waals surface area contributed by atoms with Crippen LogP contribution in [0.2, 0.25) is 0 Å². The van der Waals surface area contributed by atoms with E-state index in [1.165, 1.54) is 22.7 Å². The molecule has 2 aliphatic heterocycles. The van der Waals surface area contributed by atoms with Gasteiger partial charge in [0.15, 0.2) is 0 Å². The monoisotopic (exact) mass is 532 g/mol. The van der Waals surface area contributed by atoms with Gasteiger partial charge in [0, 0.05) is 37.8 Å². The molecule has 0 bridgehead atoms. The second-order valence-corrected chi connectivity index (χ2v) is 11.4. The zero-order chi connectivity index (χ0) is 25.1. The van der Waals surface area contributed by atoms with Crippen LogP contribution in [0.1, 0.15) is 73.2 Å². The van der Waals surface area contributed by atoms with E-state index in [1.807, 2.05) is 0 Å². The summed E-state index contributed by atoms with van der Waals surface area (Å²) in [5, 5.41) is 25.1. The molecule has 36 heavy (non-hydrogen) atoms. The number of rotatable bonds is 8. The number of nitrogens with zero attached hydrogens (tertiary/aromatic N) is 6. The molecule has 2 aromatic rings. The molecule has 2 unspecified atom stereocenters. The number of aromatic nitrogens is 4. The Labute approximate surface area is 215 Å². The van der Waals surface area contributed by atoms with Crippen LogP contribution in [0, 0.1) is 0 Å². The first-order valence-corrected chi connectivity index (χ1v) is 13.9. The summed E-state index contributed by atoms with van der Waals surface area (Å²) in [7, 11) is 0. The lowest BCUT2D eigenvalue weighted by molar-refractivity contribution is -0.131. The van der Waals surface area contributed by atoms with Gasteiger partial charge in [0.2, 0.25) is 33.9 Å². The maximum absolute atomic E-state index is 12.3. The Bertz CT molecular complexity index is 1060. The minimum Gasteiger partial charge on any atom is -0.333 e. The SMILES string of the molecule is O=C(CN1CCCC1=O)Nc1nnc(C2CCCC(c3nnc(NC(=O)CN4CCCC4=O)s3)C2)s1. The van der Waals surface area contributed by atoms with Crippen molar-refractivity contribution in [2.45, 2.75) is 63.2 Å². The fourth-order valence-corrected chi connectivity index (χ4v) is 6.76. The van der Waals surface area contributed by atoms with E-state index in [9.17, 15) is 19.2 Å². The van der Waals surface area contributed by atoms with Crippen molar-refractivity contribution in [3.63, 3.8) is 0 Å². The third-order valence-corrected chi connectivity index (χ3v) is 8.76. The van der Waals surface area contributed by atoms with Gasteiger partial charge >= 0.3 is 0 Å². The third kappa shape index (κ3) is 5.86. The van der Waals surface area contributed by atoms with Crippen LogP contribution in [0.15, 0.2) is 0 Å². The average Bonchev–Trinajstić information content (AvgIpc) is 3.66. The summed E-state index contributed by atoms with van der Waals surface area (Å²) in [5.74, 6) is -0.0840. The van der Waals surface area contributed by atoms with E-state index < -0.39 is 0 Å². The van der Waals surface area contributed by atoms with Gasteiger partial charge in [-0.3, -0.25) is 29.8 Å². The van der Waals surface area contributed by atoms with Crippen molar-refractivity contribution in [1.82, 2.24) is 30.2 Å². The molecule has 3 aliphatic rings. The van der Waals surface area contributed by atoms with Gasteiger partial charge in [0.25, 0.3) is 0 Å². The van der Waals surface area contributed by atoms with Crippen LogP contribution in [0.5, 0.6) is 0 Å². The lowest BCUT2D eigenvalue weighted by Gasteiger charge is -2.25. The molecule has 4 heterocycles. The Balaban J connectivity index is 1.13. The van der Waals surface area contributed by atoms with Crippen molar-refractivity contribution in [3.8, 4) is 0 Å². The van der Waals surface area contributed by atoms with Crippen LogP contribution in [0.3, 0.4) is 0 Å². The molecular formula is C22H28N8O4S2. The van der Waals surface area contributed by atoms with Crippen molar-refractivity contribution in [3.05, 3.63) is 10.0 Å². The molecule has 2 aromatic heterocycles. The summed E-state index contributed by atoms with van der Waals surface area (Å²) in [6, 6.07) is 0. The predicted molar refractivity (Wildman–Crippen MR) is 133 cm³/mol. The first-order valence-electron chi connectivity index (χ1n) is 12.3. The van der Waals surface area contributed by atoms with Gasteiger partial charge in [-0.1, -0.05) is 29.1 Å². The highest BCUT2D eigenvalue weighted by Crippen LogP contribution is 2.43. The van der Waals surface area contributed by atoms with E-state index in [0.717, 1.165) is 48.5 Å². The highest BCUT2D eigenvalue weighted by Gasteiger charge is 2.30. The van der Waals surface area contributed by atoms with Gasteiger partial charge in [-0.05, 0) is 32.1 Å². The maximum Gasteiger partial charge on any atom is 0.245 e. The number of hydrogen-bond acceptors (Lipinski definition) is 10. The Kier molecular flexibility index (Phi) is 7.51. The molecule has 0 radical (unpaired) electrons. The van der Waals surface area contributed by atoms with Crippen LogP contribution >= 0.6 is 22.7 Å². The molecule has 192 valence electrons. The molecular weight excluding hydrogens is 504 g/mol. The van der Waals surface area contributed by atoms with Crippen LogP contribution in [0.4, 0.5) is 10.3 Å². The quantitative estimate of drug-likeness (QED) is 0.524. The van der Waals surface area contributed by atoms with E-state index in [2.05, 4.69) is 31.0 Å². The number of likely N-dealkylation sites (tertiary alicyclic amines) is 2. The molecule has 2 atom stereocenters. The van der Waals surface area contributed by atoms with E-state index in [-0.39, 0.29) is 48.6 Å². The minimum atomic E-state index is -0.257. The van der Waals surface area contributed by atoms with Crippen LogP contribution in [-0.2, 0) is 19.2 Å². The maximum atomic E-state index is 12.3. The van der Waals surface area contributed by atoms with Gasteiger partial charge in [-0.15, -0.1) is 20.4 Å². The van der Waals surface area contributed by atoms with Gasteiger partial charge in [-0.2, -0.15) is 0 Å². The third-order valence-electron chi connectivity index (χ3n) is 6.76. The predicted octanol–water partition coefficient (Wildman–Crippen LogP) is 1.95. The molecule has 3 fully saturated rings. The lowest BCUT2D eigenvalue weighted by atomic mass is 9.82. The van der Waals surface area contributed by atoms with Crippen LogP contribution in [-0.4, -0.2) is 80.0 Å².